The fraction of sp³-hybridized carbons (Fsp3) is 0.720. The summed E-state index contributed by atoms with van der Waals surface area (Å²) < 4.78 is 34.4. The number of methoxy groups -OCH3 is 2. The van der Waals surface area contributed by atoms with Crippen LogP contribution in [0.25, 0.3) is 0 Å². The molecule has 1 aliphatic heterocycles. The lowest BCUT2D eigenvalue weighted by molar-refractivity contribution is -0.165. The summed E-state index contributed by atoms with van der Waals surface area (Å²) in [4.78, 5) is 11.9. The number of carbonyl (C=O) groups excluding carboxylic acids is 1. The van der Waals surface area contributed by atoms with Gasteiger partial charge in [-0.15, -0.1) is 0 Å². The summed E-state index contributed by atoms with van der Waals surface area (Å²) in [6, 6.07) is 7.85. The Labute approximate surface area is 192 Å². The zero-order valence-electron chi connectivity index (χ0n) is 20.6. The van der Waals surface area contributed by atoms with Gasteiger partial charge in [-0.3, -0.25) is 4.79 Å². The van der Waals surface area contributed by atoms with Crippen LogP contribution in [0.2, 0.25) is 0 Å². The highest BCUT2D eigenvalue weighted by Gasteiger charge is 2.40. The summed E-state index contributed by atoms with van der Waals surface area (Å²) in [7, 11) is 3.24. The molecule has 0 N–H and O–H groups in total. The van der Waals surface area contributed by atoms with Gasteiger partial charge in [-0.2, -0.15) is 0 Å². The van der Waals surface area contributed by atoms with Crippen LogP contribution in [-0.4, -0.2) is 57.5 Å². The number of carbonyl (C=O) groups is 1. The van der Waals surface area contributed by atoms with Gasteiger partial charge in [-0.1, -0.05) is 26.0 Å². The summed E-state index contributed by atoms with van der Waals surface area (Å²) in [6.45, 7) is 10.6. The molecule has 1 fully saturated rings. The maximum atomic E-state index is 11.9. The van der Waals surface area contributed by atoms with Crippen molar-refractivity contribution in [3.63, 3.8) is 0 Å². The van der Waals surface area contributed by atoms with E-state index in [1.807, 2.05) is 45.0 Å². The number of hydrogen-bond acceptors (Lipinski definition) is 7. The van der Waals surface area contributed by atoms with Gasteiger partial charge in [0.15, 0.2) is 5.79 Å². The molecule has 0 radical (unpaired) electrons. The molecule has 0 spiro atoms. The summed E-state index contributed by atoms with van der Waals surface area (Å²) in [6.07, 6.45) is 1.02. The zero-order chi connectivity index (χ0) is 23.7. The van der Waals surface area contributed by atoms with Crippen LogP contribution >= 0.6 is 0 Å². The van der Waals surface area contributed by atoms with Crippen molar-refractivity contribution < 1.29 is 33.2 Å². The Balaban J connectivity index is 2.05. The van der Waals surface area contributed by atoms with Crippen molar-refractivity contribution in [1.82, 2.24) is 0 Å². The van der Waals surface area contributed by atoms with E-state index in [1.165, 1.54) is 0 Å². The number of hydrogen-bond donors (Lipinski definition) is 0. The van der Waals surface area contributed by atoms with E-state index in [2.05, 4.69) is 6.92 Å². The molecule has 0 amide bonds. The molecule has 0 aliphatic carbocycles. The Bertz CT molecular complexity index is 688. The van der Waals surface area contributed by atoms with E-state index in [9.17, 15) is 4.79 Å². The second-order valence-corrected chi connectivity index (χ2v) is 9.06. The Kier molecular flexibility index (Phi) is 10.6. The second kappa shape index (κ2) is 12.7. The molecule has 0 aromatic heterocycles. The highest BCUT2D eigenvalue weighted by Crippen LogP contribution is 2.31. The van der Waals surface area contributed by atoms with E-state index in [1.54, 1.807) is 21.1 Å². The summed E-state index contributed by atoms with van der Waals surface area (Å²) in [5, 5.41) is 0. The van der Waals surface area contributed by atoms with Gasteiger partial charge in [0, 0.05) is 13.0 Å². The van der Waals surface area contributed by atoms with Crippen LogP contribution in [0.3, 0.4) is 0 Å². The third-order valence-electron chi connectivity index (χ3n) is 6.06. The van der Waals surface area contributed by atoms with E-state index < -0.39 is 5.79 Å². The van der Waals surface area contributed by atoms with Crippen LogP contribution < -0.4 is 4.74 Å². The van der Waals surface area contributed by atoms with Gasteiger partial charge < -0.3 is 28.4 Å². The quantitative estimate of drug-likeness (QED) is 0.388. The molecule has 1 aliphatic rings. The van der Waals surface area contributed by atoms with E-state index in [0.717, 1.165) is 24.2 Å². The number of Topliss-reactive ketones (excluding diaryl/α,β-unsaturated/α-hetero) is 1. The zero-order valence-corrected chi connectivity index (χ0v) is 20.6. The lowest BCUT2D eigenvalue weighted by Crippen LogP contribution is -2.38. The molecule has 1 aromatic rings. The summed E-state index contributed by atoms with van der Waals surface area (Å²) in [5.41, 5.74) is 1.06. The van der Waals surface area contributed by atoms with Crippen molar-refractivity contribution in [3.05, 3.63) is 29.8 Å². The highest BCUT2D eigenvalue weighted by molar-refractivity contribution is 5.78. The van der Waals surface area contributed by atoms with E-state index in [-0.39, 0.29) is 42.7 Å². The first-order valence-corrected chi connectivity index (χ1v) is 11.3. The standard InChI is InChI=1S/C25H40O7/c1-17(8-13-22(30-16-27-6)18(2)19(3)26)24(23-15-31-25(4,5)32-23)29-14-20-9-11-21(28-7)12-10-20/h9-12,17-18,22-24H,8,13-16H2,1-7H3/t17-,18-,22+,23+,24+/m1/s1. The number of rotatable bonds is 14. The van der Waals surface area contributed by atoms with Crippen molar-refractivity contribution in [3.8, 4) is 5.75 Å². The minimum absolute atomic E-state index is 0.111. The van der Waals surface area contributed by atoms with E-state index in [0.29, 0.717) is 13.2 Å². The highest BCUT2D eigenvalue weighted by atomic mass is 16.7. The van der Waals surface area contributed by atoms with Gasteiger partial charge in [0.25, 0.3) is 0 Å². The van der Waals surface area contributed by atoms with Gasteiger partial charge in [-0.25, -0.2) is 0 Å². The van der Waals surface area contributed by atoms with Crippen molar-refractivity contribution in [2.45, 2.75) is 78.2 Å². The molecule has 182 valence electrons. The summed E-state index contributed by atoms with van der Waals surface area (Å²) in [5.74, 6) is 0.277. The average molecular weight is 453 g/mol. The minimum atomic E-state index is -0.626. The normalized spacial score (nSPS) is 21.7. The fourth-order valence-electron chi connectivity index (χ4n) is 3.92. The Morgan fingerprint density at radius 3 is 2.34 bits per heavy atom. The van der Waals surface area contributed by atoms with Gasteiger partial charge >= 0.3 is 0 Å². The Hall–Kier alpha value is -1.51. The first-order valence-electron chi connectivity index (χ1n) is 11.3. The molecular formula is C25H40O7. The maximum absolute atomic E-state index is 11.9. The molecule has 1 heterocycles. The van der Waals surface area contributed by atoms with Crippen LogP contribution in [0.1, 0.15) is 53.0 Å². The van der Waals surface area contributed by atoms with Crippen LogP contribution in [0, 0.1) is 11.8 Å². The predicted octanol–water partition coefficient (Wildman–Crippen LogP) is 4.36. The average Bonchev–Trinajstić information content (AvgIpc) is 3.13. The molecule has 1 aromatic carbocycles. The van der Waals surface area contributed by atoms with Gasteiger partial charge in [-0.05, 0) is 57.2 Å². The molecule has 0 unspecified atom stereocenters. The molecular weight excluding hydrogens is 412 g/mol. The third kappa shape index (κ3) is 8.12. The monoisotopic (exact) mass is 452 g/mol. The third-order valence-corrected chi connectivity index (χ3v) is 6.06. The number of benzene rings is 1. The topological polar surface area (TPSA) is 72.5 Å². The Morgan fingerprint density at radius 2 is 1.81 bits per heavy atom. The van der Waals surface area contributed by atoms with Gasteiger partial charge in [0.05, 0.1) is 32.5 Å². The number of ether oxygens (including phenoxy) is 6. The molecule has 2 rings (SSSR count). The fourth-order valence-corrected chi connectivity index (χ4v) is 3.92. The molecule has 7 nitrogen and oxygen atoms in total. The van der Waals surface area contributed by atoms with Crippen molar-refractivity contribution in [1.29, 1.82) is 0 Å². The lowest BCUT2D eigenvalue weighted by Gasteiger charge is -2.31. The van der Waals surface area contributed by atoms with Crippen molar-refractivity contribution in [2.75, 3.05) is 27.6 Å². The van der Waals surface area contributed by atoms with E-state index in [4.69, 9.17) is 28.4 Å². The molecule has 7 heteroatoms. The smallest absolute Gasteiger partial charge is 0.163 e. The molecule has 32 heavy (non-hydrogen) atoms. The van der Waals surface area contributed by atoms with Crippen LogP contribution in [0.15, 0.2) is 24.3 Å². The Morgan fingerprint density at radius 1 is 1.12 bits per heavy atom. The van der Waals surface area contributed by atoms with Gasteiger partial charge in [0.1, 0.15) is 24.4 Å². The maximum Gasteiger partial charge on any atom is 0.163 e. The van der Waals surface area contributed by atoms with Crippen LogP contribution in [-0.2, 0) is 35.1 Å². The first-order chi connectivity index (χ1) is 15.2. The largest absolute Gasteiger partial charge is 0.497 e. The number of ketones is 1. The van der Waals surface area contributed by atoms with Crippen molar-refractivity contribution >= 4 is 5.78 Å². The predicted molar refractivity (Wildman–Crippen MR) is 121 cm³/mol. The second-order valence-electron chi connectivity index (χ2n) is 9.06. The summed E-state index contributed by atoms with van der Waals surface area (Å²) >= 11 is 0. The molecule has 0 bridgehead atoms. The van der Waals surface area contributed by atoms with Crippen LogP contribution in [0.4, 0.5) is 0 Å². The lowest BCUT2D eigenvalue weighted by atomic mass is 9.89. The van der Waals surface area contributed by atoms with E-state index >= 15 is 0 Å². The van der Waals surface area contributed by atoms with Crippen molar-refractivity contribution in [2.24, 2.45) is 11.8 Å². The minimum Gasteiger partial charge on any atom is -0.497 e. The molecule has 1 saturated heterocycles. The van der Waals surface area contributed by atoms with Gasteiger partial charge in [0.2, 0.25) is 0 Å². The molecule has 5 atom stereocenters. The first kappa shape index (κ1) is 26.7. The molecule has 0 saturated carbocycles. The van der Waals surface area contributed by atoms with Crippen LogP contribution in [0.5, 0.6) is 5.75 Å². The SMILES string of the molecule is COCO[C@@H](CC[C@@H](C)[C@H](OCc1ccc(OC)cc1)[C@@H]1COC(C)(C)O1)[C@H](C)C(C)=O.